The van der Waals surface area contributed by atoms with Crippen molar-refractivity contribution in [1.29, 1.82) is 0 Å². The summed E-state index contributed by atoms with van der Waals surface area (Å²) in [5.74, 6) is -0.523. The number of aliphatic imine (C=N–C) groups is 1. The molecule has 0 fully saturated rings. The fraction of sp³-hybridized carbons (Fsp3) is 0.207. The van der Waals surface area contributed by atoms with E-state index >= 15 is 0 Å². The van der Waals surface area contributed by atoms with Gasteiger partial charge in [0.15, 0.2) is 5.88 Å². The lowest BCUT2D eigenvalue weighted by atomic mass is 10.00. The predicted molar refractivity (Wildman–Crippen MR) is 146 cm³/mol. The van der Waals surface area contributed by atoms with Crippen molar-refractivity contribution in [2.75, 3.05) is 39.7 Å². The Morgan fingerprint density at radius 1 is 0.973 bits per heavy atom. The van der Waals surface area contributed by atoms with Crippen LogP contribution in [0.1, 0.15) is 27.0 Å². The van der Waals surface area contributed by atoms with E-state index in [1.807, 2.05) is 74.4 Å². The average Bonchev–Trinajstić information content (AvgIpc) is 3.21. The number of benzene rings is 3. The normalized spacial score (nSPS) is 11.7. The van der Waals surface area contributed by atoms with Crippen LogP contribution in [0.4, 0.5) is 11.4 Å². The molecule has 4 rings (SSSR count). The first-order valence-corrected chi connectivity index (χ1v) is 11.8. The molecule has 2 N–H and O–H groups in total. The Hall–Kier alpha value is -4.43. The zero-order chi connectivity index (χ0) is 26.7. The van der Waals surface area contributed by atoms with Gasteiger partial charge in [0.1, 0.15) is 0 Å². The van der Waals surface area contributed by atoms with Gasteiger partial charge in [0.2, 0.25) is 5.91 Å². The van der Waals surface area contributed by atoms with Crippen molar-refractivity contribution in [2.24, 2.45) is 4.99 Å². The van der Waals surface area contributed by atoms with Crippen LogP contribution in [0.25, 0.3) is 10.9 Å². The third-order valence-corrected chi connectivity index (χ3v) is 6.09. The minimum Gasteiger partial charge on any atom is -0.494 e. The lowest BCUT2D eigenvalue weighted by Gasteiger charge is -2.21. The van der Waals surface area contributed by atoms with E-state index in [0.29, 0.717) is 34.6 Å². The van der Waals surface area contributed by atoms with Crippen LogP contribution in [-0.2, 0) is 9.53 Å². The largest absolute Gasteiger partial charge is 0.494 e. The van der Waals surface area contributed by atoms with Crippen molar-refractivity contribution in [2.45, 2.75) is 6.92 Å². The zero-order valence-corrected chi connectivity index (χ0v) is 21.6. The number of methoxy groups -OCH3 is 1. The molecule has 0 bridgehead atoms. The second-order valence-corrected chi connectivity index (χ2v) is 9.09. The molecule has 0 unspecified atom stereocenters. The zero-order valence-electron chi connectivity index (χ0n) is 21.6. The number of likely N-dealkylation sites (N-methyl/N-ethyl adjacent to an activating group) is 2. The predicted octanol–water partition coefficient (Wildman–Crippen LogP) is 4.66. The van der Waals surface area contributed by atoms with Crippen molar-refractivity contribution >= 4 is 39.9 Å². The number of aromatic nitrogens is 1. The maximum absolute atomic E-state index is 12.6. The van der Waals surface area contributed by atoms with E-state index in [1.165, 1.54) is 7.11 Å². The van der Waals surface area contributed by atoms with Crippen LogP contribution < -0.4 is 4.90 Å². The van der Waals surface area contributed by atoms with E-state index in [0.717, 1.165) is 22.2 Å². The molecule has 1 heterocycles. The SMILES string of the molecule is COC(=O)c1ccc2c(C(=Nc3ccc(N(C)C(=O)CN(C)C)c(C)c3)c3ccccc3)c(O)[nH]c2c1. The number of hydrogen-bond donors (Lipinski definition) is 2. The van der Waals surface area contributed by atoms with Crippen molar-refractivity contribution in [1.82, 2.24) is 9.88 Å². The van der Waals surface area contributed by atoms with Crippen LogP contribution >= 0.6 is 0 Å². The van der Waals surface area contributed by atoms with Crippen LogP contribution in [0.5, 0.6) is 5.88 Å². The molecule has 0 radical (unpaired) electrons. The summed E-state index contributed by atoms with van der Waals surface area (Å²) in [6.07, 6.45) is 0. The topological polar surface area (TPSA) is 98.2 Å². The smallest absolute Gasteiger partial charge is 0.337 e. The molecule has 0 aliphatic carbocycles. The summed E-state index contributed by atoms with van der Waals surface area (Å²) in [4.78, 5) is 35.9. The number of aromatic amines is 1. The number of esters is 1. The number of aromatic hydroxyl groups is 1. The monoisotopic (exact) mass is 498 g/mol. The number of nitrogens with one attached hydrogen (secondary N) is 1. The molecule has 0 aliphatic heterocycles. The van der Waals surface area contributed by atoms with Gasteiger partial charge in [-0.15, -0.1) is 0 Å². The number of carbonyl (C=O) groups is 2. The lowest BCUT2D eigenvalue weighted by Crippen LogP contribution is -2.35. The van der Waals surface area contributed by atoms with Crippen molar-refractivity contribution < 1.29 is 19.4 Å². The standard InChI is InChI=1S/C29H30N4O4/c1-18-15-21(12-14-24(18)33(4)25(34)17-32(2)3)30-27(19-9-7-6-8-10-19)26-22-13-11-20(29(36)37-5)16-23(22)31-28(26)35/h6-16,31,35H,17H2,1-5H3. The molecule has 0 aliphatic rings. The highest BCUT2D eigenvalue weighted by atomic mass is 16.5. The summed E-state index contributed by atoms with van der Waals surface area (Å²) in [5.41, 5.74) is 5.25. The second-order valence-electron chi connectivity index (χ2n) is 9.09. The van der Waals surface area contributed by atoms with Gasteiger partial charge in [0.05, 0.1) is 36.2 Å². The number of aryl methyl sites for hydroxylation is 1. The highest BCUT2D eigenvalue weighted by Gasteiger charge is 2.20. The summed E-state index contributed by atoms with van der Waals surface area (Å²) in [7, 11) is 6.81. The van der Waals surface area contributed by atoms with E-state index < -0.39 is 5.97 Å². The number of rotatable bonds is 7. The molecule has 1 amide bonds. The minimum atomic E-state index is -0.459. The van der Waals surface area contributed by atoms with Gasteiger partial charge in [-0.3, -0.25) is 4.79 Å². The molecular formula is C29H30N4O4. The molecule has 190 valence electrons. The molecule has 0 atom stereocenters. The summed E-state index contributed by atoms with van der Waals surface area (Å²) >= 11 is 0. The van der Waals surface area contributed by atoms with E-state index in [2.05, 4.69) is 4.98 Å². The molecule has 1 aromatic heterocycles. The van der Waals surface area contributed by atoms with Crippen LogP contribution in [0.2, 0.25) is 0 Å². The van der Waals surface area contributed by atoms with Crippen LogP contribution in [-0.4, -0.2) is 67.4 Å². The number of amides is 1. The van der Waals surface area contributed by atoms with E-state index in [1.54, 1.807) is 30.1 Å². The molecule has 0 spiro atoms. The van der Waals surface area contributed by atoms with Gasteiger partial charge < -0.3 is 24.6 Å². The minimum absolute atomic E-state index is 0.00985. The van der Waals surface area contributed by atoms with Gasteiger partial charge in [0.25, 0.3) is 0 Å². The first-order chi connectivity index (χ1) is 17.7. The Balaban J connectivity index is 1.82. The highest BCUT2D eigenvalue weighted by molar-refractivity contribution is 6.22. The van der Waals surface area contributed by atoms with Gasteiger partial charge >= 0.3 is 5.97 Å². The van der Waals surface area contributed by atoms with Gasteiger partial charge in [-0.2, -0.15) is 0 Å². The summed E-state index contributed by atoms with van der Waals surface area (Å²) < 4.78 is 4.82. The van der Waals surface area contributed by atoms with Gasteiger partial charge in [-0.1, -0.05) is 36.4 Å². The summed E-state index contributed by atoms with van der Waals surface area (Å²) in [6, 6.07) is 20.3. The molecule has 0 saturated carbocycles. The maximum atomic E-state index is 12.6. The number of nitrogens with zero attached hydrogens (tertiary/aromatic N) is 3. The molecule has 8 heteroatoms. The quantitative estimate of drug-likeness (QED) is 0.285. The highest BCUT2D eigenvalue weighted by Crippen LogP contribution is 2.33. The third kappa shape index (κ3) is 5.39. The number of hydrogen-bond acceptors (Lipinski definition) is 6. The molecule has 3 aromatic carbocycles. The van der Waals surface area contributed by atoms with Gasteiger partial charge in [-0.05, 0) is 56.9 Å². The molecular weight excluding hydrogens is 468 g/mol. The first kappa shape index (κ1) is 25.7. The number of ether oxygens (including phenoxy) is 1. The Kier molecular flexibility index (Phi) is 7.40. The Bertz CT molecular complexity index is 1490. The van der Waals surface area contributed by atoms with E-state index in [4.69, 9.17) is 9.73 Å². The van der Waals surface area contributed by atoms with Crippen molar-refractivity contribution in [3.63, 3.8) is 0 Å². The molecule has 8 nitrogen and oxygen atoms in total. The Morgan fingerprint density at radius 3 is 2.35 bits per heavy atom. The lowest BCUT2D eigenvalue weighted by molar-refractivity contribution is -0.118. The van der Waals surface area contributed by atoms with Gasteiger partial charge in [0, 0.05) is 29.2 Å². The second kappa shape index (κ2) is 10.7. The number of H-pyrrole nitrogens is 1. The third-order valence-electron chi connectivity index (χ3n) is 6.09. The Morgan fingerprint density at radius 2 is 1.70 bits per heavy atom. The van der Waals surface area contributed by atoms with Crippen LogP contribution in [0, 0.1) is 6.92 Å². The fourth-order valence-electron chi connectivity index (χ4n) is 4.25. The first-order valence-electron chi connectivity index (χ1n) is 11.8. The number of fused-ring (bicyclic) bond motifs is 1. The van der Waals surface area contributed by atoms with Gasteiger partial charge in [-0.25, -0.2) is 9.79 Å². The molecule has 0 saturated heterocycles. The maximum Gasteiger partial charge on any atom is 0.337 e. The number of carbonyl (C=O) groups excluding carboxylic acids is 2. The van der Waals surface area contributed by atoms with Crippen LogP contribution in [0.15, 0.2) is 71.7 Å². The fourth-order valence-corrected chi connectivity index (χ4v) is 4.25. The Labute approximate surface area is 215 Å². The van der Waals surface area contributed by atoms with Crippen LogP contribution in [0.3, 0.4) is 0 Å². The average molecular weight is 499 g/mol. The molecule has 4 aromatic rings. The van der Waals surface area contributed by atoms with E-state index in [9.17, 15) is 14.7 Å². The van der Waals surface area contributed by atoms with E-state index in [-0.39, 0.29) is 11.8 Å². The summed E-state index contributed by atoms with van der Waals surface area (Å²) in [6.45, 7) is 2.25. The van der Waals surface area contributed by atoms with Crippen molar-refractivity contribution in [3.05, 3.63) is 89.0 Å². The van der Waals surface area contributed by atoms with Crippen molar-refractivity contribution in [3.8, 4) is 5.88 Å². The number of anilines is 1. The molecule has 37 heavy (non-hydrogen) atoms. The summed E-state index contributed by atoms with van der Waals surface area (Å²) in [5, 5.41) is 11.7.